The number of carbonyl (C=O) groups excluding carboxylic acids is 1. The average molecular weight is 515 g/mol. The van der Waals surface area contributed by atoms with E-state index in [1.54, 1.807) is 35.9 Å². The summed E-state index contributed by atoms with van der Waals surface area (Å²) in [6, 6.07) is 10.1. The van der Waals surface area contributed by atoms with E-state index in [2.05, 4.69) is 20.6 Å². The van der Waals surface area contributed by atoms with Gasteiger partial charge in [0.15, 0.2) is 0 Å². The maximum atomic E-state index is 13.9. The van der Waals surface area contributed by atoms with Crippen LogP contribution < -0.4 is 21.9 Å². The van der Waals surface area contributed by atoms with Gasteiger partial charge in [-0.05, 0) is 49.6 Å². The van der Waals surface area contributed by atoms with Crippen LogP contribution in [0.4, 0.5) is 16.0 Å². The minimum atomic E-state index is -0.486. The summed E-state index contributed by atoms with van der Waals surface area (Å²) in [5.74, 6) is 0.231. The molecule has 194 valence electrons. The van der Waals surface area contributed by atoms with Crippen LogP contribution in [0.3, 0.4) is 0 Å². The van der Waals surface area contributed by atoms with Gasteiger partial charge in [-0.15, -0.1) is 0 Å². The Morgan fingerprint density at radius 1 is 1.18 bits per heavy atom. The van der Waals surface area contributed by atoms with Gasteiger partial charge in [-0.2, -0.15) is 0 Å². The number of hydrogen-bond acceptors (Lipinski definition) is 8. The molecule has 10 nitrogen and oxygen atoms in total. The molecule has 2 aromatic heterocycles. The summed E-state index contributed by atoms with van der Waals surface area (Å²) in [6.07, 6.45) is 3.53. The molecule has 0 spiro atoms. The van der Waals surface area contributed by atoms with Crippen LogP contribution in [0.15, 0.2) is 53.6 Å². The van der Waals surface area contributed by atoms with E-state index in [0.717, 1.165) is 12.8 Å². The highest BCUT2D eigenvalue weighted by Crippen LogP contribution is 2.37. The predicted molar refractivity (Wildman–Crippen MR) is 143 cm³/mol. The van der Waals surface area contributed by atoms with Gasteiger partial charge in [0.25, 0.3) is 11.5 Å². The highest BCUT2D eigenvalue weighted by Gasteiger charge is 2.31. The molecule has 0 bridgehead atoms. The second-order valence-corrected chi connectivity index (χ2v) is 9.16. The number of fused-ring (bicyclic) bond motifs is 1. The Hall–Kier alpha value is -4.67. The molecule has 38 heavy (non-hydrogen) atoms. The lowest BCUT2D eigenvalue weighted by Gasteiger charge is -2.23. The molecule has 4 aromatic rings. The summed E-state index contributed by atoms with van der Waals surface area (Å²) in [5, 5.41) is 15.0. The van der Waals surface area contributed by atoms with Crippen molar-refractivity contribution in [3.05, 3.63) is 87.5 Å². The van der Waals surface area contributed by atoms with Crippen molar-refractivity contribution in [2.75, 3.05) is 18.1 Å². The van der Waals surface area contributed by atoms with Crippen LogP contribution >= 0.6 is 0 Å². The zero-order chi connectivity index (χ0) is 27.0. The lowest BCUT2D eigenvalue weighted by Crippen LogP contribution is -2.29. The first kappa shape index (κ1) is 25.0. The standard InChI is InChI=1S/C27H27FN8O2/c1-3-19(25-35-20-11-8-16(28)12-18(20)27(38)36(25)17-9-10-17)34-24-21(23(30)32-13-33-24)22(29)14-4-6-15(7-5-14)26(37)31-2/h4-8,11-13,17,19,29H,3,9-10H2,1-2H3,(H,31,37)(H3,30,32,33,34). The van der Waals surface area contributed by atoms with Crippen molar-refractivity contribution in [1.29, 1.82) is 5.41 Å². The SMILES string of the molecule is CCC(Nc1ncnc(N)c1C(=N)c1ccc(C(=O)NC)cc1)c1nc2ccc(F)cc2c(=O)n1C1CC1. The van der Waals surface area contributed by atoms with Crippen LogP contribution in [0.2, 0.25) is 0 Å². The number of nitrogen functional groups attached to an aromatic ring is 1. The normalized spacial score (nSPS) is 13.8. The smallest absolute Gasteiger partial charge is 0.261 e. The van der Waals surface area contributed by atoms with E-state index >= 15 is 0 Å². The van der Waals surface area contributed by atoms with Gasteiger partial charge in [0.2, 0.25) is 0 Å². The highest BCUT2D eigenvalue weighted by molar-refractivity contribution is 6.16. The topological polar surface area (TPSA) is 152 Å². The zero-order valence-corrected chi connectivity index (χ0v) is 21.0. The molecule has 0 radical (unpaired) electrons. The molecule has 1 aliphatic carbocycles. The first-order valence-corrected chi connectivity index (χ1v) is 12.3. The summed E-state index contributed by atoms with van der Waals surface area (Å²) < 4.78 is 15.6. The van der Waals surface area contributed by atoms with Crippen LogP contribution in [0.25, 0.3) is 10.9 Å². The summed E-state index contributed by atoms with van der Waals surface area (Å²) in [4.78, 5) is 38.5. The fourth-order valence-electron chi connectivity index (χ4n) is 4.47. The number of amides is 1. The van der Waals surface area contributed by atoms with Gasteiger partial charge in [-0.25, -0.2) is 19.3 Å². The van der Waals surface area contributed by atoms with Crippen LogP contribution in [0.1, 0.15) is 65.6 Å². The van der Waals surface area contributed by atoms with Gasteiger partial charge in [0.1, 0.15) is 29.6 Å². The van der Waals surface area contributed by atoms with E-state index in [1.165, 1.54) is 24.5 Å². The molecule has 0 aliphatic heterocycles. The second-order valence-electron chi connectivity index (χ2n) is 9.16. The molecule has 0 saturated heterocycles. The molecular weight excluding hydrogens is 487 g/mol. The van der Waals surface area contributed by atoms with E-state index in [4.69, 9.17) is 16.1 Å². The number of aromatic nitrogens is 4. The Bertz CT molecular complexity index is 1610. The number of nitrogens with zero attached hydrogens (tertiary/aromatic N) is 4. The summed E-state index contributed by atoms with van der Waals surface area (Å²) in [6.45, 7) is 1.95. The van der Waals surface area contributed by atoms with Crippen molar-refractivity contribution >= 4 is 34.2 Å². The van der Waals surface area contributed by atoms with Gasteiger partial charge in [-0.3, -0.25) is 19.6 Å². The Balaban J connectivity index is 1.55. The molecule has 2 heterocycles. The molecule has 11 heteroatoms. The third kappa shape index (κ3) is 4.58. The number of hydrogen-bond donors (Lipinski definition) is 4. The number of carbonyl (C=O) groups is 1. The van der Waals surface area contributed by atoms with Crippen LogP contribution in [-0.2, 0) is 0 Å². The Labute approximate surface area is 217 Å². The van der Waals surface area contributed by atoms with E-state index in [1.807, 2.05) is 6.92 Å². The number of halogens is 1. The molecule has 2 aromatic carbocycles. The second kappa shape index (κ2) is 10.0. The largest absolute Gasteiger partial charge is 0.383 e. The number of nitrogens with two attached hydrogens (primary N) is 1. The Morgan fingerprint density at radius 3 is 2.55 bits per heavy atom. The van der Waals surface area contributed by atoms with Gasteiger partial charge in [0, 0.05) is 24.2 Å². The molecule has 5 rings (SSSR count). The highest BCUT2D eigenvalue weighted by atomic mass is 19.1. The average Bonchev–Trinajstić information content (AvgIpc) is 3.76. The molecule has 1 atom stereocenters. The molecule has 1 aliphatic rings. The zero-order valence-electron chi connectivity index (χ0n) is 21.0. The summed E-state index contributed by atoms with van der Waals surface area (Å²) in [7, 11) is 1.55. The monoisotopic (exact) mass is 514 g/mol. The first-order chi connectivity index (χ1) is 18.3. The van der Waals surface area contributed by atoms with E-state index in [9.17, 15) is 14.0 Å². The van der Waals surface area contributed by atoms with E-state index in [0.29, 0.717) is 40.3 Å². The lowest BCUT2D eigenvalue weighted by atomic mass is 10.0. The van der Waals surface area contributed by atoms with Crippen LogP contribution in [-0.4, -0.2) is 38.2 Å². The van der Waals surface area contributed by atoms with Crippen LogP contribution in [0, 0.1) is 11.2 Å². The molecule has 5 N–H and O–H groups in total. The predicted octanol–water partition coefficient (Wildman–Crippen LogP) is 3.58. The third-order valence-corrected chi connectivity index (χ3v) is 6.62. The van der Waals surface area contributed by atoms with E-state index < -0.39 is 11.9 Å². The summed E-state index contributed by atoms with van der Waals surface area (Å²) in [5.41, 5.74) is 7.70. The minimum absolute atomic E-state index is 0.000547. The Kier molecular flexibility index (Phi) is 6.58. The molecule has 1 unspecified atom stereocenters. The van der Waals surface area contributed by atoms with Gasteiger partial charge in [0.05, 0.1) is 28.2 Å². The maximum absolute atomic E-state index is 13.9. The molecule has 1 saturated carbocycles. The number of rotatable bonds is 8. The third-order valence-electron chi connectivity index (χ3n) is 6.62. The van der Waals surface area contributed by atoms with Crippen molar-refractivity contribution in [3.8, 4) is 0 Å². The van der Waals surface area contributed by atoms with Crippen molar-refractivity contribution in [1.82, 2.24) is 24.8 Å². The lowest BCUT2D eigenvalue weighted by molar-refractivity contribution is 0.0963. The fourth-order valence-corrected chi connectivity index (χ4v) is 4.47. The number of benzene rings is 2. The van der Waals surface area contributed by atoms with Crippen molar-refractivity contribution in [2.45, 2.75) is 38.3 Å². The first-order valence-electron chi connectivity index (χ1n) is 12.3. The van der Waals surface area contributed by atoms with Crippen molar-refractivity contribution in [2.24, 2.45) is 0 Å². The number of anilines is 2. The molecule has 1 fully saturated rings. The van der Waals surface area contributed by atoms with Crippen LogP contribution in [0.5, 0.6) is 0 Å². The quantitative estimate of drug-likeness (QED) is 0.262. The minimum Gasteiger partial charge on any atom is -0.383 e. The van der Waals surface area contributed by atoms with Gasteiger partial charge in [-0.1, -0.05) is 19.1 Å². The van der Waals surface area contributed by atoms with E-state index in [-0.39, 0.29) is 34.4 Å². The van der Waals surface area contributed by atoms with Gasteiger partial charge < -0.3 is 16.4 Å². The molecule has 1 amide bonds. The van der Waals surface area contributed by atoms with Crippen molar-refractivity contribution in [3.63, 3.8) is 0 Å². The molecular formula is C27H27FN8O2. The Morgan fingerprint density at radius 2 is 1.89 bits per heavy atom. The van der Waals surface area contributed by atoms with Crippen molar-refractivity contribution < 1.29 is 9.18 Å². The fraction of sp³-hybridized carbons (Fsp3) is 0.259. The number of nitrogens with one attached hydrogen (secondary N) is 3. The van der Waals surface area contributed by atoms with Gasteiger partial charge >= 0.3 is 0 Å². The maximum Gasteiger partial charge on any atom is 0.261 e. The summed E-state index contributed by atoms with van der Waals surface area (Å²) >= 11 is 0.